The third kappa shape index (κ3) is 6.15. The van der Waals surface area contributed by atoms with Crippen LogP contribution in [0.1, 0.15) is 55.1 Å². The number of allylic oxidation sites excluding steroid dienone is 1. The Bertz CT molecular complexity index is 1230. The summed E-state index contributed by atoms with van der Waals surface area (Å²) >= 11 is 18.9. The normalized spacial score (nSPS) is 14.9. The fraction of sp³-hybridized carbons (Fsp3) is 0.357. The van der Waals surface area contributed by atoms with Gasteiger partial charge in [0.1, 0.15) is 0 Å². The molecule has 0 saturated heterocycles. The van der Waals surface area contributed by atoms with Crippen LogP contribution in [0.25, 0.3) is 16.9 Å². The molecule has 2 N–H and O–H groups in total. The van der Waals surface area contributed by atoms with Crippen molar-refractivity contribution in [2.24, 2.45) is 5.92 Å². The lowest BCUT2D eigenvalue weighted by Gasteiger charge is -2.20. The summed E-state index contributed by atoms with van der Waals surface area (Å²) < 4.78 is 1.77. The lowest BCUT2D eigenvalue weighted by atomic mass is 10.00. The van der Waals surface area contributed by atoms with Crippen LogP contribution in [0.15, 0.2) is 55.1 Å². The Balaban J connectivity index is 1.65. The van der Waals surface area contributed by atoms with E-state index >= 15 is 0 Å². The van der Waals surface area contributed by atoms with Gasteiger partial charge in [-0.3, -0.25) is 4.79 Å². The SMILES string of the molecule is C=CCC(C)C(C)NCCNC(=O)c1nn(-c2ccc(Cl)cc2Cl)c(-c2ccc(Cl)cc2)c1C1CC1. The summed E-state index contributed by atoms with van der Waals surface area (Å²) in [5.41, 5.74) is 3.82. The number of nitrogens with one attached hydrogen (secondary N) is 2. The molecule has 1 aliphatic rings. The summed E-state index contributed by atoms with van der Waals surface area (Å²) in [5, 5.41) is 13.0. The Morgan fingerprint density at radius 3 is 2.44 bits per heavy atom. The van der Waals surface area contributed by atoms with Crippen LogP contribution in [-0.4, -0.2) is 34.8 Å². The summed E-state index contributed by atoms with van der Waals surface area (Å²) in [5.74, 6) is 0.556. The molecule has 5 nitrogen and oxygen atoms in total. The van der Waals surface area contributed by atoms with Gasteiger partial charge in [-0.25, -0.2) is 4.68 Å². The number of hydrogen-bond acceptors (Lipinski definition) is 3. The van der Waals surface area contributed by atoms with Gasteiger partial charge in [0.15, 0.2) is 5.69 Å². The van der Waals surface area contributed by atoms with Crippen molar-refractivity contribution in [3.63, 3.8) is 0 Å². The van der Waals surface area contributed by atoms with Crippen LogP contribution >= 0.6 is 34.8 Å². The summed E-state index contributed by atoms with van der Waals surface area (Å²) in [6, 6.07) is 13.2. The number of aromatic nitrogens is 2. The minimum atomic E-state index is -0.190. The van der Waals surface area contributed by atoms with Crippen molar-refractivity contribution in [2.75, 3.05) is 13.1 Å². The van der Waals surface area contributed by atoms with E-state index in [1.165, 1.54) is 0 Å². The van der Waals surface area contributed by atoms with Crippen molar-refractivity contribution in [1.82, 2.24) is 20.4 Å². The van der Waals surface area contributed by atoms with Crippen molar-refractivity contribution in [1.29, 1.82) is 0 Å². The van der Waals surface area contributed by atoms with E-state index in [-0.39, 0.29) is 11.8 Å². The van der Waals surface area contributed by atoms with Crippen LogP contribution in [0.2, 0.25) is 15.1 Å². The van der Waals surface area contributed by atoms with Gasteiger partial charge in [-0.05, 0) is 68.4 Å². The Morgan fingerprint density at radius 2 is 1.81 bits per heavy atom. The highest BCUT2D eigenvalue weighted by molar-refractivity contribution is 6.35. The van der Waals surface area contributed by atoms with Crippen molar-refractivity contribution in [3.8, 4) is 16.9 Å². The van der Waals surface area contributed by atoms with Crippen molar-refractivity contribution in [3.05, 3.63) is 81.4 Å². The van der Waals surface area contributed by atoms with E-state index in [1.807, 2.05) is 36.4 Å². The lowest BCUT2D eigenvalue weighted by molar-refractivity contribution is 0.0947. The number of benzene rings is 2. The average molecular weight is 546 g/mol. The summed E-state index contributed by atoms with van der Waals surface area (Å²) in [4.78, 5) is 13.4. The van der Waals surface area contributed by atoms with Gasteiger partial charge in [0.25, 0.3) is 5.91 Å². The Kier molecular flexibility index (Phi) is 8.78. The molecular weight excluding hydrogens is 515 g/mol. The smallest absolute Gasteiger partial charge is 0.272 e. The third-order valence-electron chi connectivity index (χ3n) is 6.65. The van der Waals surface area contributed by atoms with E-state index in [1.54, 1.807) is 16.8 Å². The molecule has 4 rings (SSSR count). The number of nitrogens with zero attached hydrogens (tertiary/aromatic N) is 2. The van der Waals surface area contributed by atoms with Crippen LogP contribution in [0.5, 0.6) is 0 Å². The highest BCUT2D eigenvalue weighted by Crippen LogP contribution is 2.47. The van der Waals surface area contributed by atoms with Crippen LogP contribution in [0.3, 0.4) is 0 Å². The monoisotopic (exact) mass is 544 g/mol. The van der Waals surface area contributed by atoms with Gasteiger partial charge in [0, 0.05) is 40.3 Å². The summed E-state index contributed by atoms with van der Waals surface area (Å²) in [6.07, 6.45) is 4.91. The van der Waals surface area contributed by atoms with Gasteiger partial charge in [-0.1, -0.05) is 59.9 Å². The van der Waals surface area contributed by atoms with E-state index in [9.17, 15) is 4.79 Å². The predicted octanol–water partition coefficient (Wildman–Crippen LogP) is 7.30. The number of carbonyl (C=O) groups excluding carboxylic acids is 1. The van der Waals surface area contributed by atoms with E-state index in [0.717, 1.165) is 36.1 Å². The van der Waals surface area contributed by atoms with Crippen molar-refractivity contribution in [2.45, 2.75) is 45.1 Å². The van der Waals surface area contributed by atoms with E-state index in [0.29, 0.717) is 51.5 Å². The van der Waals surface area contributed by atoms with Gasteiger partial charge >= 0.3 is 0 Å². The zero-order valence-electron chi connectivity index (χ0n) is 20.5. The molecule has 1 amide bonds. The maximum absolute atomic E-state index is 13.4. The molecule has 0 radical (unpaired) electrons. The van der Waals surface area contributed by atoms with E-state index in [4.69, 9.17) is 39.9 Å². The highest BCUT2D eigenvalue weighted by atomic mass is 35.5. The number of halogens is 3. The number of hydrogen-bond donors (Lipinski definition) is 2. The van der Waals surface area contributed by atoms with Crippen molar-refractivity contribution < 1.29 is 4.79 Å². The minimum absolute atomic E-state index is 0.190. The zero-order valence-corrected chi connectivity index (χ0v) is 22.8. The van der Waals surface area contributed by atoms with Crippen LogP contribution in [0.4, 0.5) is 0 Å². The van der Waals surface area contributed by atoms with E-state index in [2.05, 4.69) is 31.1 Å². The second-order valence-corrected chi connectivity index (χ2v) is 10.7. The molecule has 1 heterocycles. The van der Waals surface area contributed by atoms with Crippen LogP contribution < -0.4 is 10.6 Å². The maximum Gasteiger partial charge on any atom is 0.272 e. The van der Waals surface area contributed by atoms with Crippen LogP contribution in [-0.2, 0) is 0 Å². The first kappa shape index (κ1) is 26.7. The third-order valence-corrected chi connectivity index (χ3v) is 7.44. The second kappa shape index (κ2) is 11.8. The number of amides is 1. The topological polar surface area (TPSA) is 58.9 Å². The molecule has 2 unspecified atom stereocenters. The maximum atomic E-state index is 13.4. The van der Waals surface area contributed by atoms with Gasteiger partial charge in [0.05, 0.1) is 16.4 Å². The molecule has 1 aromatic heterocycles. The number of carbonyl (C=O) groups is 1. The lowest BCUT2D eigenvalue weighted by Crippen LogP contribution is -2.38. The average Bonchev–Trinajstić information content (AvgIpc) is 3.62. The minimum Gasteiger partial charge on any atom is -0.349 e. The Hall–Kier alpha value is -2.31. The molecule has 1 aliphatic carbocycles. The van der Waals surface area contributed by atoms with Gasteiger partial charge in [0.2, 0.25) is 0 Å². The highest BCUT2D eigenvalue weighted by Gasteiger charge is 2.36. The van der Waals surface area contributed by atoms with Gasteiger partial charge in [-0.2, -0.15) is 5.10 Å². The Labute approximate surface area is 227 Å². The first-order chi connectivity index (χ1) is 17.3. The zero-order chi connectivity index (χ0) is 25.8. The fourth-order valence-corrected chi connectivity index (χ4v) is 4.91. The second-order valence-electron chi connectivity index (χ2n) is 9.40. The van der Waals surface area contributed by atoms with Crippen molar-refractivity contribution >= 4 is 40.7 Å². The standard InChI is InChI=1S/C28H31Cl3N4O/c1-4-5-17(2)18(3)32-14-15-33-28(36)26-25(19-6-7-19)27(20-8-10-21(29)11-9-20)35(34-26)24-13-12-22(30)16-23(24)31/h4,8-13,16-19,32H,1,5-7,14-15H2,2-3H3,(H,33,36). The van der Waals surface area contributed by atoms with Crippen LogP contribution in [0, 0.1) is 5.92 Å². The predicted molar refractivity (Wildman–Crippen MR) is 150 cm³/mol. The first-order valence-electron chi connectivity index (χ1n) is 12.3. The molecule has 2 atom stereocenters. The molecule has 3 aromatic rings. The molecule has 0 spiro atoms. The largest absolute Gasteiger partial charge is 0.349 e. The van der Waals surface area contributed by atoms with Gasteiger partial charge < -0.3 is 10.6 Å². The molecule has 1 fully saturated rings. The van der Waals surface area contributed by atoms with E-state index < -0.39 is 0 Å². The molecular formula is C28H31Cl3N4O. The molecule has 1 saturated carbocycles. The van der Waals surface area contributed by atoms with Gasteiger partial charge in [-0.15, -0.1) is 6.58 Å². The first-order valence-corrected chi connectivity index (χ1v) is 13.4. The molecule has 0 bridgehead atoms. The number of rotatable bonds is 11. The summed E-state index contributed by atoms with van der Waals surface area (Å²) in [6.45, 7) is 9.32. The quantitative estimate of drug-likeness (QED) is 0.196. The molecule has 36 heavy (non-hydrogen) atoms. The molecule has 0 aliphatic heterocycles. The Morgan fingerprint density at radius 1 is 1.11 bits per heavy atom. The molecule has 2 aromatic carbocycles. The fourth-order valence-electron chi connectivity index (χ4n) is 4.30. The molecule has 190 valence electrons. The molecule has 8 heteroatoms. The summed E-state index contributed by atoms with van der Waals surface area (Å²) in [7, 11) is 0.